The summed E-state index contributed by atoms with van der Waals surface area (Å²) >= 11 is 6.62. The fraction of sp³-hybridized carbons (Fsp3) is 0.231. The minimum absolute atomic E-state index is 0. The van der Waals surface area contributed by atoms with E-state index in [0.717, 1.165) is 35.4 Å². The van der Waals surface area contributed by atoms with Crippen LogP contribution in [0.1, 0.15) is 27.2 Å². The maximum Gasteiger partial charge on any atom is 0.256 e. The minimum Gasteiger partial charge on any atom is -0.336 e. The van der Waals surface area contributed by atoms with Crippen molar-refractivity contribution in [1.82, 2.24) is 19.8 Å². The van der Waals surface area contributed by atoms with E-state index in [1.807, 2.05) is 51.9 Å². The zero-order valence-corrected chi connectivity index (χ0v) is 21.5. The highest BCUT2D eigenvalue weighted by molar-refractivity contribution is 6.34. The van der Waals surface area contributed by atoms with Gasteiger partial charge in [0.1, 0.15) is 5.82 Å². The lowest BCUT2D eigenvalue weighted by atomic mass is 9.99. The maximum atomic E-state index is 14.4. The largest absolute Gasteiger partial charge is 0.336 e. The SMILES string of the molecule is Cc1c(F)cccc1Cc1c(C(=O)N2CCNCC2)c2ccnc(Cl)c2n1-c1ccccc1.Cl.Cl. The Kier molecular flexibility index (Phi) is 8.78. The Morgan fingerprint density at radius 2 is 1.77 bits per heavy atom. The van der Waals surface area contributed by atoms with Gasteiger partial charge >= 0.3 is 0 Å². The molecule has 184 valence electrons. The number of fused-ring (bicyclic) bond motifs is 1. The Morgan fingerprint density at radius 3 is 2.49 bits per heavy atom. The second kappa shape index (κ2) is 11.4. The third-order valence-corrected chi connectivity index (χ3v) is 6.58. The molecule has 0 aliphatic carbocycles. The molecule has 1 fully saturated rings. The van der Waals surface area contributed by atoms with Crippen molar-refractivity contribution in [1.29, 1.82) is 0 Å². The number of para-hydroxylation sites is 1. The van der Waals surface area contributed by atoms with E-state index < -0.39 is 0 Å². The quantitative estimate of drug-likeness (QED) is 0.346. The highest BCUT2D eigenvalue weighted by atomic mass is 35.5. The van der Waals surface area contributed by atoms with Crippen LogP contribution in [-0.2, 0) is 6.42 Å². The van der Waals surface area contributed by atoms with Crippen molar-refractivity contribution in [3.05, 3.63) is 94.1 Å². The number of nitrogens with one attached hydrogen (secondary N) is 1. The molecule has 1 amide bonds. The van der Waals surface area contributed by atoms with Crippen molar-refractivity contribution in [3.8, 4) is 5.69 Å². The molecule has 4 aromatic rings. The first-order chi connectivity index (χ1) is 16.1. The predicted molar refractivity (Wildman–Crippen MR) is 143 cm³/mol. The molecule has 5 nitrogen and oxygen atoms in total. The molecule has 35 heavy (non-hydrogen) atoms. The van der Waals surface area contributed by atoms with E-state index in [2.05, 4.69) is 10.3 Å². The van der Waals surface area contributed by atoms with Gasteiger partial charge in [0, 0.05) is 55.6 Å². The van der Waals surface area contributed by atoms with Crippen LogP contribution in [0.25, 0.3) is 16.6 Å². The highest BCUT2D eigenvalue weighted by Crippen LogP contribution is 2.35. The van der Waals surface area contributed by atoms with Gasteiger partial charge in [-0.05, 0) is 42.3 Å². The van der Waals surface area contributed by atoms with Gasteiger partial charge in [0.15, 0.2) is 5.15 Å². The Hall–Kier alpha value is -2.64. The van der Waals surface area contributed by atoms with Crippen LogP contribution in [-0.4, -0.2) is 46.5 Å². The normalized spacial score (nSPS) is 13.3. The molecule has 9 heteroatoms. The van der Waals surface area contributed by atoms with Crippen LogP contribution in [0.5, 0.6) is 0 Å². The molecular formula is C26H26Cl3FN4O. The van der Waals surface area contributed by atoms with Crippen LogP contribution in [0.15, 0.2) is 60.8 Å². The summed E-state index contributed by atoms with van der Waals surface area (Å²) in [5, 5.41) is 4.38. The molecule has 1 N–H and O–H groups in total. The summed E-state index contributed by atoms with van der Waals surface area (Å²) in [6.45, 7) is 4.54. The number of aromatic nitrogens is 2. The first-order valence-corrected chi connectivity index (χ1v) is 11.4. The van der Waals surface area contributed by atoms with Gasteiger partial charge in [0.05, 0.1) is 11.1 Å². The molecule has 0 unspecified atom stereocenters. The van der Waals surface area contributed by atoms with Crippen molar-refractivity contribution in [2.75, 3.05) is 26.2 Å². The molecule has 1 saturated heterocycles. The molecule has 1 aliphatic rings. The molecule has 3 heterocycles. The number of rotatable bonds is 4. The van der Waals surface area contributed by atoms with Gasteiger partial charge in [-0.2, -0.15) is 0 Å². The molecule has 0 radical (unpaired) electrons. The van der Waals surface area contributed by atoms with Crippen LogP contribution in [0.2, 0.25) is 5.15 Å². The van der Waals surface area contributed by atoms with Crippen molar-refractivity contribution in [3.63, 3.8) is 0 Å². The van der Waals surface area contributed by atoms with Crippen LogP contribution >= 0.6 is 36.4 Å². The summed E-state index contributed by atoms with van der Waals surface area (Å²) in [6, 6.07) is 16.7. The van der Waals surface area contributed by atoms with E-state index in [1.54, 1.807) is 19.2 Å². The third kappa shape index (κ3) is 5.02. The smallest absolute Gasteiger partial charge is 0.256 e. The van der Waals surface area contributed by atoms with Gasteiger partial charge < -0.3 is 14.8 Å². The number of hydrogen-bond donors (Lipinski definition) is 1. The standard InChI is InChI=1S/C26H24ClFN4O.2ClH/c1-17-18(6-5-9-21(17)28)16-22-23(26(33)31-14-12-29-13-15-31)20-10-11-30-25(27)24(20)32(22)19-7-3-2-4-8-19;;/h2-11,29H,12-16H2,1H3;2*1H. The lowest BCUT2D eigenvalue weighted by Gasteiger charge is -2.28. The Balaban J connectivity index is 0.00000171. The van der Waals surface area contributed by atoms with Gasteiger partial charge in [-0.15, -0.1) is 24.8 Å². The van der Waals surface area contributed by atoms with E-state index >= 15 is 0 Å². The van der Waals surface area contributed by atoms with Gasteiger partial charge in [0.25, 0.3) is 5.91 Å². The molecule has 0 atom stereocenters. The molecule has 5 rings (SSSR count). The fourth-order valence-electron chi connectivity index (χ4n) is 4.56. The lowest BCUT2D eigenvalue weighted by Crippen LogP contribution is -2.46. The number of amides is 1. The number of hydrogen-bond acceptors (Lipinski definition) is 3. The number of halogens is 4. The topological polar surface area (TPSA) is 50.2 Å². The van der Waals surface area contributed by atoms with Crippen LogP contribution < -0.4 is 5.32 Å². The maximum absolute atomic E-state index is 14.4. The summed E-state index contributed by atoms with van der Waals surface area (Å²) in [4.78, 5) is 20.1. The van der Waals surface area contributed by atoms with E-state index in [9.17, 15) is 9.18 Å². The van der Waals surface area contributed by atoms with Crippen molar-refractivity contribution in [2.24, 2.45) is 0 Å². The molecule has 2 aromatic heterocycles. The highest BCUT2D eigenvalue weighted by Gasteiger charge is 2.29. The van der Waals surface area contributed by atoms with Gasteiger partial charge in [-0.3, -0.25) is 4.79 Å². The summed E-state index contributed by atoms with van der Waals surface area (Å²) in [7, 11) is 0. The number of benzene rings is 2. The molecule has 0 spiro atoms. The van der Waals surface area contributed by atoms with E-state index in [4.69, 9.17) is 11.6 Å². The van der Waals surface area contributed by atoms with Crippen LogP contribution in [0.3, 0.4) is 0 Å². The first kappa shape index (κ1) is 27.0. The average Bonchev–Trinajstić information content (AvgIpc) is 3.17. The average molecular weight is 536 g/mol. The van der Waals surface area contributed by atoms with Gasteiger partial charge in [-0.25, -0.2) is 9.37 Å². The summed E-state index contributed by atoms with van der Waals surface area (Å²) < 4.78 is 16.4. The van der Waals surface area contributed by atoms with Gasteiger partial charge in [0.2, 0.25) is 0 Å². The Labute approximate surface area is 221 Å². The molecule has 2 aromatic carbocycles. The minimum atomic E-state index is -0.260. The lowest BCUT2D eigenvalue weighted by molar-refractivity contribution is 0.0736. The molecule has 0 saturated carbocycles. The van der Waals surface area contributed by atoms with E-state index in [0.29, 0.717) is 41.3 Å². The third-order valence-electron chi connectivity index (χ3n) is 6.30. The summed E-state index contributed by atoms with van der Waals surface area (Å²) in [6.07, 6.45) is 2.02. The van der Waals surface area contributed by atoms with Crippen molar-refractivity contribution < 1.29 is 9.18 Å². The first-order valence-electron chi connectivity index (χ1n) is 11.0. The molecule has 1 aliphatic heterocycles. The monoisotopic (exact) mass is 534 g/mol. The zero-order chi connectivity index (χ0) is 22.9. The summed E-state index contributed by atoms with van der Waals surface area (Å²) in [5.74, 6) is -0.299. The van der Waals surface area contributed by atoms with Crippen LogP contribution in [0.4, 0.5) is 4.39 Å². The second-order valence-corrected chi connectivity index (χ2v) is 8.59. The van der Waals surface area contributed by atoms with Crippen molar-refractivity contribution >= 4 is 53.2 Å². The predicted octanol–water partition coefficient (Wildman–Crippen LogP) is 5.61. The number of piperazine rings is 1. The van der Waals surface area contributed by atoms with Crippen LogP contribution in [0, 0.1) is 12.7 Å². The molecule has 0 bridgehead atoms. The Bertz CT molecular complexity index is 1340. The zero-order valence-electron chi connectivity index (χ0n) is 19.1. The summed E-state index contributed by atoms with van der Waals surface area (Å²) in [5.41, 5.74) is 4.35. The number of carbonyl (C=O) groups is 1. The van der Waals surface area contributed by atoms with E-state index in [1.165, 1.54) is 6.07 Å². The number of carbonyl (C=O) groups excluding carboxylic acids is 1. The van der Waals surface area contributed by atoms with Crippen molar-refractivity contribution in [2.45, 2.75) is 13.3 Å². The number of pyridine rings is 1. The van der Waals surface area contributed by atoms with E-state index in [-0.39, 0.29) is 36.5 Å². The Morgan fingerprint density at radius 1 is 1.06 bits per heavy atom. The van der Waals surface area contributed by atoms with Gasteiger partial charge in [-0.1, -0.05) is 41.9 Å². The number of nitrogens with zero attached hydrogens (tertiary/aromatic N) is 3. The molecular weight excluding hydrogens is 510 g/mol. The fourth-order valence-corrected chi connectivity index (χ4v) is 4.81. The second-order valence-electron chi connectivity index (χ2n) is 8.23.